The highest BCUT2D eigenvalue weighted by Gasteiger charge is 2.11. The van der Waals surface area contributed by atoms with E-state index in [-0.39, 0.29) is 0 Å². The van der Waals surface area contributed by atoms with Gasteiger partial charge in [0.15, 0.2) is 5.16 Å². The van der Waals surface area contributed by atoms with E-state index in [1.165, 1.54) is 11.8 Å². The molecule has 0 saturated heterocycles. The van der Waals surface area contributed by atoms with Crippen LogP contribution in [0.2, 0.25) is 5.15 Å². The Morgan fingerprint density at radius 1 is 1.44 bits per heavy atom. The van der Waals surface area contributed by atoms with Gasteiger partial charge in [-0.3, -0.25) is 0 Å². The summed E-state index contributed by atoms with van der Waals surface area (Å²) in [4.78, 5) is 10.7. The molecule has 2 aromatic rings. The van der Waals surface area contributed by atoms with Gasteiger partial charge in [0.25, 0.3) is 0 Å². The number of aromatic nitrogens is 2. The molecule has 0 aliphatic heterocycles. The van der Waals surface area contributed by atoms with Crippen LogP contribution in [0.1, 0.15) is 12.7 Å². The molecule has 18 heavy (non-hydrogen) atoms. The summed E-state index contributed by atoms with van der Waals surface area (Å²) in [6, 6.07) is 5.60. The van der Waals surface area contributed by atoms with Crippen molar-refractivity contribution in [2.24, 2.45) is 0 Å². The summed E-state index contributed by atoms with van der Waals surface area (Å²) in [6.07, 6.45) is 3.60. The van der Waals surface area contributed by atoms with Crippen molar-refractivity contribution in [1.82, 2.24) is 9.97 Å². The van der Waals surface area contributed by atoms with Crippen molar-refractivity contribution in [2.45, 2.75) is 18.6 Å². The molecule has 0 amide bonds. The van der Waals surface area contributed by atoms with Crippen LogP contribution in [0.3, 0.4) is 0 Å². The molecule has 0 bridgehead atoms. The second-order valence-electron chi connectivity index (χ2n) is 3.63. The van der Waals surface area contributed by atoms with E-state index >= 15 is 0 Å². The zero-order valence-corrected chi connectivity index (χ0v) is 11.8. The number of furan rings is 1. The van der Waals surface area contributed by atoms with Crippen LogP contribution in [0, 0.1) is 0 Å². The molecule has 0 atom stereocenters. The Morgan fingerprint density at radius 3 is 2.89 bits per heavy atom. The molecular formula is C12H14ClN3OS. The fourth-order valence-corrected chi connectivity index (χ4v) is 2.19. The number of nitrogens with zero attached hydrogens (tertiary/aromatic N) is 3. The topological polar surface area (TPSA) is 42.2 Å². The fourth-order valence-electron chi connectivity index (χ4n) is 1.58. The predicted octanol–water partition coefficient (Wildman–Crippen LogP) is 3.47. The summed E-state index contributed by atoms with van der Waals surface area (Å²) < 4.78 is 5.35. The molecule has 0 aliphatic carbocycles. The lowest BCUT2D eigenvalue weighted by Crippen LogP contribution is -2.23. The zero-order valence-electron chi connectivity index (χ0n) is 10.3. The van der Waals surface area contributed by atoms with Crippen LogP contribution in [0.15, 0.2) is 34.0 Å². The maximum Gasteiger partial charge on any atom is 0.190 e. The lowest BCUT2D eigenvalue weighted by Gasteiger charge is -2.21. The first-order valence-electron chi connectivity index (χ1n) is 5.59. The second-order valence-corrected chi connectivity index (χ2v) is 4.79. The van der Waals surface area contributed by atoms with Gasteiger partial charge in [0.05, 0.1) is 12.8 Å². The van der Waals surface area contributed by atoms with Crippen LogP contribution in [0.5, 0.6) is 0 Å². The van der Waals surface area contributed by atoms with Crippen molar-refractivity contribution in [3.05, 3.63) is 35.4 Å². The number of thioether (sulfide) groups is 1. The van der Waals surface area contributed by atoms with E-state index in [9.17, 15) is 0 Å². The second kappa shape index (κ2) is 6.11. The van der Waals surface area contributed by atoms with Crippen LogP contribution < -0.4 is 4.90 Å². The lowest BCUT2D eigenvalue weighted by atomic mass is 10.4. The van der Waals surface area contributed by atoms with E-state index in [1.54, 1.807) is 12.3 Å². The zero-order chi connectivity index (χ0) is 13.0. The molecular weight excluding hydrogens is 270 g/mol. The maximum absolute atomic E-state index is 6.00. The van der Waals surface area contributed by atoms with Gasteiger partial charge in [0.1, 0.15) is 16.7 Å². The number of rotatable bonds is 5. The number of halogens is 1. The first-order valence-corrected chi connectivity index (χ1v) is 7.19. The van der Waals surface area contributed by atoms with Crippen LogP contribution >= 0.6 is 23.4 Å². The minimum atomic E-state index is 0.460. The van der Waals surface area contributed by atoms with Crippen molar-refractivity contribution in [3.63, 3.8) is 0 Å². The molecule has 0 fully saturated rings. The highest BCUT2D eigenvalue weighted by atomic mass is 35.5. The number of anilines is 1. The molecule has 0 spiro atoms. The summed E-state index contributed by atoms with van der Waals surface area (Å²) in [5.74, 6) is 1.72. The molecule has 0 unspecified atom stereocenters. The molecule has 96 valence electrons. The average molecular weight is 284 g/mol. The van der Waals surface area contributed by atoms with E-state index in [1.807, 2.05) is 18.4 Å². The van der Waals surface area contributed by atoms with Gasteiger partial charge in [-0.2, -0.15) is 0 Å². The molecule has 0 radical (unpaired) electrons. The lowest BCUT2D eigenvalue weighted by molar-refractivity contribution is 0.502. The van der Waals surface area contributed by atoms with Gasteiger partial charge in [-0.15, -0.1) is 0 Å². The summed E-state index contributed by atoms with van der Waals surface area (Å²) in [6.45, 7) is 3.56. The smallest absolute Gasteiger partial charge is 0.190 e. The van der Waals surface area contributed by atoms with Crippen LogP contribution in [-0.4, -0.2) is 22.8 Å². The van der Waals surface area contributed by atoms with Gasteiger partial charge in [0, 0.05) is 12.6 Å². The van der Waals surface area contributed by atoms with Gasteiger partial charge < -0.3 is 9.32 Å². The molecule has 2 aromatic heterocycles. The number of hydrogen-bond acceptors (Lipinski definition) is 5. The third kappa shape index (κ3) is 3.17. The largest absolute Gasteiger partial charge is 0.467 e. The minimum absolute atomic E-state index is 0.460. The SMILES string of the molecule is CCN(Cc1ccco1)c1cc(Cl)nc(SC)n1. The Kier molecular flexibility index (Phi) is 4.49. The molecule has 2 rings (SSSR count). The van der Waals surface area contributed by atoms with Crippen LogP contribution in [0.25, 0.3) is 0 Å². The Bertz CT molecular complexity index is 504. The van der Waals surface area contributed by atoms with E-state index in [4.69, 9.17) is 16.0 Å². The Labute approximate surface area is 115 Å². The van der Waals surface area contributed by atoms with Gasteiger partial charge in [-0.1, -0.05) is 23.4 Å². The average Bonchev–Trinajstić information content (AvgIpc) is 2.88. The summed E-state index contributed by atoms with van der Waals surface area (Å²) in [5.41, 5.74) is 0. The van der Waals surface area contributed by atoms with Crippen molar-refractivity contribution >= 4 is 29.2 Å². The predicted molar refractivity (Wildman–Crippen MR) is 74.3 cm³/mol. The Morgan fingerprint density at radius 2 is 2.28 bits per heavy atom. The Hall–Kier alpha value is -1.20. The molecule has 0 aliphatic rings. The first-order chi connectivity index (χ1) is 8.72. The monoisotopic (exact) mass is 283 g/mol. The molecule has 6 heteroatoms. The quantitative estimate of drug-likeness (QED) is 0.477. The van der Waals surface area contributed by atoms with Crippen molar-refractivity contribution in [1.29, 1.82) is 0 Å². The van der Waals surface area contributed by atoms with E-state index in [0.717, 1.165) is 18.1 Å². The van der Waals surface area contributed by atoms with E-state index in [2.05, 4.69) is 21.8 Å². The summed E-state index contributed by atoms with van der Waals surface area (Å²) in [5, 5.41) is 1.14. The van der Waals surface area contributed by atoms with Gasteiger partial charge >= 0.3 is 0 Å². The van der Waals surface area contributed by atoms with Crippen molar-refractivity contribution < 1.29 is 4.42 Å². The third-order valence-electron chi connectivity index (χ3n) is 2.48. The normalized spacial score (nSPS) is 10.6. The molecule has 0 saturated carbocycles. The standard InChI is InChI=1S/C12H14ClN3OS/c1-3-16(8-9-5-4-6-17-9)11-7-10(13)14-12(15-11)18-2/h4-7H,3,8H2,1-2H3. The Balaban J connectivity index is 2.24. The highest BCUT2D eigenvalue weighted by molar-refractivity contribution is 7.98. The first kappa shape index (κ1) is 13.2. The maximum atomic E-state index is 6.00. The molecule has 4 nitrogen and oxygen atoms in total. The van der Waals surface area contributed by atoms with Crippen molar-refractivity contribution in [2.75, 3.05) is 17.7 Å². The van der Waals surface area contributed by atoms with Crippen LogP contribution in [0.4, 0.5) is 5.82 Å². The molecule has 0 aromatic carbocycles. The van der Waals surface area contributed by atoms with Crippen molar-refractivity contribution in [3.8, 4) is 0 Å². The fraction of sp³-hybridized carbons (Fsp3) is 0.333. The summed E-state index contributed by atoms with van der Waals surface area (Å²) in [7, 11) is 0. The van der Waals surface area contributed by atoms with Gasteiger partial charge in [0.2, 0.25) is 0 Å². The van der Waals surface area contributed by atoms with Gasteiger partial charge in [-0.25, -0.2) is 9.97 Å². The highest BCUT2D eigenvalue weighted by Crippen LogP contribution is 2.21. The third-order valence-corrected chi connectivity index (χ3v) is 3.22. The van der Waals surface area contributed by atoms with E-state index in [0.29, 0.717) is 16.9 Å². The minimum Gasteiger partial charge on any atom is -0.467 e. The summed E-state index contributed by atoms with van der Waals surface area (Å²) >= 11 is 7.47. The van der Waals surface area contributed by atoms with Crippen LogP contribution in [-0.2, 0) is 6.54 Å². The molecule has 2 heterocycles. The number of hydrogen-bond donors (Lipinski definition) is 0. The molecule has 0 N–H and O–H groups in total. The van der Waals surface area contributed by atoms with Gasteiger partial charge in [-0.05, 0) is 25.3 Å². The van der Waals surface area contributed by atoms with E-state index < -0.39 is 0 Å².